The summed E-state index contributed by atoms with van der Waals surface area (Å²) < 4.78 is 20.1. The Balaban J connectivity index is 2.04. The van der Waals surface area contributed by atoms with Crippen molar-refractivity contribution in [1.29, 1.82) is 0 Å². The van der Waals surface area contributed by atoms with Gasteiger partial charge < -0.3 is 10.1 Å². The zero-order valence-corrected chi connectivity index (χ0v) is 11.1. The molecular weight excluding hydrogens is 247 g/mol. The predicted molar refractivity (Wildman–Crippen MR) is 69.5 cm³/mol. The van der Waals surface area contributed by atoms with E-state index in [9.17, 15) is 4.39 Å². The Morgan fingerprint density at radius 1 is 1.42 bits per heavy atom. The Morgan fingerprint density at radius 2 is 2.26 bits per heavy atom. The summed E-state index contributed by atoms with van der Waals surface area (Å²) in [5.41, 5.74) is 0.818. The van der Waals surface area contributed by atoms with E-state index >= 15 is 0 Å². The number of aromatic nitrogens is 3. The molecule has 0 spiro atoms. The van der Waals surface area contributed by atoms with Gasteiger partial charge in [0.25, 0.3) is 0 Å². The van der Waals surface area contributed by atoms with Gasteiger partial charge in [-0.25, -0.2) is 14.1 Å². The van der Waals surface area contributed by atoms with Crippen LogP contribution in [0.25, 0.3) is 0 Å². The van der Waals surface area contributed by atoms with Crippen LogP contribution in [0.3, 0.4) is 0 Å². The molecule has 0 aliphatic heterocycles. The van der Waals surface area contributed by atoms with Gasteiger partial charge >= 0.3 is 0 Å². The standard InChI is InChI=1S/C13H17FN4O/c1-3-15-7-13-16-9-18(17-13)8-10-4-5-12(19-2)11(14)6-10/h4-6,9,15H,3,7-8H2,1-2H3. The van der Waals surface area contributed by atoms with E-state index in [0.717, 1.165) is 17.9 Å². The molecule has 0 saturated heterocycles. The maximum absolute atomic E-state index is 13.5. The Morgan fingerprint density at radius 3 is 2.95 bits per heavy atom. The lowest BCUT2D eigenvalue weighted by atomic mass is 10.2. The van der Waals surface area contributed by atoms with Gasteiger partial charge in [0.2, 0.25) is 0 Å². The molecule has 2 rings (SSSR count). The minimum absolute atomic E-state index is 0.246. The molecule has 0 atom stereocenters. The third-order valence-electron chi connectivity index (χ3n) is 2.68. The largest absolute Gasteiger partial charge is 0.494 e. The van der Waals surface area contributed by atoms with E-state index in [-0.39, 0.29) is 11.6 Å². The average Bonchev–Trinajstić information content (AvgIpc) is 2.84. The molecule has 1 N–H and O–H groups in total. The first-order valence-corrected chi connectivity index (χ1v) is 6.14. The molecule has 0 radical (unpaired) electrons. The quantitative estimate of drug-likeness (QED) is 0.860. The highest BCUT2D eigenvalue weighted by molar-refractivity contribution is 5.29. The van der Waals surface area contributed by atoms with Gasteiger partial charge in [-0.2, -0.15) is 5.10 Å². The van der Waals surface area contributed by atoms with Crippen LogP contribution in [0.4, 0.5) is 4.39 Å². The summed E-state index contributed by atoms with van der Waals surface area (Å²) in [5, 5.41) is 7.46. The lowest BCUT2D eigenvalue weighted by Crippen LogP contribution is -2.13. The first-order valence-electron chi connectivity index (χ1n) is 6.14. The molecule has 1 aromatic carbocycles. The lowest BCUT2D eigenvalue weighted by Gasteiger charge is -2.05. The molecule has 1 aromatic heterocycles. The number of ether oxygens (including phenoxy) is 1. The summed E-state index contributed by atoms with van der Waals surface area (Å²) in [6.45, 7) is 4.02. The molecule has 1 heterocycles. The number of hydrogen-bond donors (Lipinski definition) is 1. The van der Waals surface area contributed by atoms with E-state index < -0.39 is 0 Å². The van der Waals surface area contributed by atoms with Gasteiger partial charge in [-0.1, -0.05) is 13.0 Å². The smallest absolute Gasteiger partial charge is 0.165 e. The fraction of sp³-hybridized carbons (Fsp3) is 0.385. The predicted octanol–water partition coefficient (Wildman–Crippen LogP) is 1.58. The van der Waals surface area contributed by atoms with Crippen molar-refractivity contribution in [3.63, 3.8) is 0 Å². The van der Waals surface area contributed by atoms with E-state index in [2.05, 4.69) is 15.4 Å². The third-order valence-corrected chi connectivity index (χ3v) is 2.68. The second-order valence-corrected chi connectivity index (χ2v) is 4.11. The number of nitrogens with one attached hydrogen (secondary N) is 1. The zero-order valence-electron chi connectivity index (χ0n) is 11.1. The van der Waals surface area contributed by atoms with Crippen molar-refractivity contribution in [2.45, 2.75) is 20.0 Å². The van der Waals surface area contributed by atoms with E-state index in [0.29, 0.717) is 13.1 Å². The van der Waals surface area contributed by atoms with Gasteiger partial charge in [0.05, 0.1) is 20.2 Å². The van der Waals surface area contributed by atoms with Crippen molar-refractivity contribution in [3.05, 3.63) is 41.7 Å². The van der Waals surface area contributed by atoms with E-state index in [1.807, 2.05) is 13.0 Å². The molecular formula is C13H17FN4O. The monoisotopic (exact) mass is 264 g/mol. The Kier molecular flexibility index (Phi) is 4.46. The van der Waals surface area contributed by atoms with Gasteiger partial charge in [0, 0.05) is 0 Å². The lowest BCUT2D eigenvalue weighted by molar-refractivity contribution is 0.386. The number of nitrogens with zero attached hydrogens (tertiary/aromatic N) is 3. The van der Waals surface area contributed by atoms with Crippen molar-refractivity contribution in [2.24, 2.45) is 0 Å². The molecule has 0 bridgehead atoms. The van der Waals surface area contributed by atoms with Crippen molar-refractivity contribution < 1.29 is 9.13 Å². The molecule has 0 aliphatic rings. The molecule has 0 amide bonds. The number of hydrogen-bond acceptors (Lipinski definition) is 4. The summed E-state index contributed by atoms with van der Waals surface area (Å²) >= 11 is 0. The fourth-order valence-corrected chi connectivity index (χ4v) is 1.72. The van der Waals surface area contributed by atoms with Crippen LogP contribution >= 0.6 is 0 Å². The molecule has 0 unspecified atom stereocenters. The first-order chi connectivity index (χ1) is 9.22. The van der Waals surface area contributed by atoms with Crippen molar-refractivity contribution in [1.82, 2.24) is 20.1 Å². The Labute approximate surface area is 111 Å². The summed E-state index contributed by atoms with van der Waals surface area (Å²) in [7, 11) is 1.45. The first kappa shape index (κ1) is 13.5. The number of halogens is 1. The zero-order chi connectivity index (χ0) is 13.7. The topological polar surface area (TPSA) is 52.0 Å². The number of rotatable bonds is 6. The minimum atomic E-state index is -0.368. The van der Waals surface area contributed by atoms with Gasteiger partial charge in [0.1, 0.15) is 6.33 Å². The molecule has 0 saturated carbocycles. The Hall–Kier alpha value is -1.95. The normalized spacial score (nSPS) is 10.7. The minimum Gasteiger partial charge on any atom is -0.494 e. The molecule has 0 aliphatic carbocycles. The number of methoxy groups -OCH3 is 1. The fourth-order valence-electron chi connectivity index (χ4n) is 1.72. The summed E-state index contributed by atoms with van der Waals surface area (Å²) in [6, 6.07) is 4.87. The van der Waals surface area contributed by atoms with Gasteiger partial charge in [-0.05, 0) is 24.2 Å². The molecule has 6 heteroatoms. The summed E-state index contributed by atoms with van der Waals surface area (Å²) in [6.07, 6.45) is 1.65. The maximum Gasteiger partial charge on any atom is 0.165 e. The van der Waals surface area contributed by atoms with Crippen molar-refractivity contribution >= 4 is 0 Å². The van der Waals surface area contributed by atoms with Crippen molar-refractivity contribution in [2.75, 3.05) is 13.7 Å². The maximum atomic E-state index is 13.5. The second kappa shape index (κ2) is 6.29. The highest BCUT2D eigenvalue weighted by Crippen LogP contribution is 2.18. The highest BCUT2D eigenvalue weighted by atomic mass is 19.1. The Bertz CT molecular complexity index is 541. The molecule has 19 heavy (non-hydrogen) atoms. The van der Waals surface area contributed by atoms with Gasteiger partial charge in [-0.15, -0.1) is 0 Å². The van der Waals surface area contributed by atoms with Crippen LogP contribution in [0.1, 0.15) is 18.3 Å². The van der Waals surface area contributed by atoms with Crippen LogP contribution in [0.2, 0.25) is 0 Å². The summed E-state index contributed by atoms with van der Waals surface area (Å²) in [5.74, 6) is 0.610. The summed E-state index contributed by atoms with van der Waals surface area (Å²) in [4.78, 5) is 4.18. The third kappa shape index (κ3) is 3.51. The average molecular weight is 264 g/mol. The van der Waals surface area contributed by atoms with Gasteiger partial charge in [-0.3, -0.25) is 0 Å². The molecule has 0 fully saturated rings. The van der Waals surface area contributed by atoms with Crippen LogP contribution in [-0.2, 0) is 13.1 Å². The molecule has 5 nitrogen and oxygen atoms in total. The molecule has 2 aromatic rings. The molecule has 102 valence electrons. The van der Waals surface area contributed by atoms with E-state index in [1.165, 1.54) is 13.2 Å². The SMILES string of the molecule is CCNCc1ncn(Cc2ccc(OC)c(F)c2)n1. The highest BCUT2D eigenvalue weighted by Gasteiger charge is 2.05. The number of benzene rings is 1. The van der Waals surface area contributed by atoms with Crippen LogP contribution in [-0.4, -0.2) is 28.4 Å². The van der Waals surface area contributed by atoms with Crippen LogP contribution < -0.4 is 10.1 Å². The van der Waals surface area contributed by atoms with Crippen LogP contribution in [0.15, 0.2) is 24.5 Å². The van der Waals surface area contributed by atoms with Crippen molar-refractivity contribution in [3.8, 4) is 5.75 Å². The second-order valence-electron chi connectivity index (χ2n) is 4.11. The van der Waals surface area contributed by atoms with Crippen LogP contribution in [0.5, 0.6) is 5.75 Å². The van der Waals surface area contributed by atoms with E-state index in [4.69, 9.17) is 4.74 Å². The van der Waals surface area contributed by atoms with E-state index in [1.54, 1.807) is 17.1 Å². The van der Waals surface area contributed by atoms with Gasteiger partial charge in [0.15, 0.2) is 17.4 Å². The van der Waals surface area contributed by atoms with Crippen LogP contribution in [0, 0.1) is 5.82 Å².